The molecule has 1 saturated heterocycles. The number of hydrogen-bond acceptors (Lipinski definition) is 4. The van der Waals surface area contributed by atoms with Crippen LogP contribution in [0.3, 0.4) is 0 Å². The maximum Gasteiger partial charge on any atom is 0.104 e. The van der Waals surface area contributed by atoms with Crippen LogP contribution in [0, 0.1) is 0 Å². The Morgan fingerprint density at radius 3 is 2.47 bits per heavy atom. The molecule has 2 atom stereocenters. The molecule has 0 spiro atoms. The molecule has 17 heavy (non-hydrogen) atoms. The lowest BCUT2D eigenvalue weighted by Crippen LogP contribution is -2.20. The van der Waals surface area contributed by atoms with Crippen molar-refractivity contribution in [3.63, 3.8) is 0 Å². The highest BCUT2D eigenvalue weighted by molar-refractivity contribution is 5.44. The van der Waals surface area contributed by atoms with E-state index in [-0.39, 0.29) is 19.3 Å². The van der Waals surface area contributed by atoms with E-state index in [4.69, 9.17) is 19.7 Å². The second-order valence-corrected chi connectivity index (χ2v) is 4.27. The van der Waals surface area contributed by atoms with Gasteiger partial charge in [-0.05, 0) is 17.5 Å². The van der Waals surface area contributed by atoms with Crippen molar-refractivity contribution < 1.29 is 19.7 Å². The van der Waals surface area contributed by atoms with Gasteiger partial charge in [0.25, 0.3) is 0 Å². The van der Waals surface area contributed by atoms with Gasteiger partial charge in [0.2, 0.25) is 0 Å². The summed E-state index contributed by atoms with van der Waals surface area (Å²) in [7, 11) is 0. The molecule has 1 aromatic rings. The van der Waals surface area contributed by atoms with Crippen LogP contribution < -0.4 is 0 Å². The zero-order chi connectivity index (χ0) is 12.1. The largest absolute Gasteiger partial charge is 0.394 e. The highest BCUT2D eigenvalue weighted by Crippen LogP contribution is 2.25. The van der Waals surface area contributed by atoms with Gasteiger partial charge in [0.1, 0.15) is 12.2 Å². The van der Waals surface area contributed by atoms with Crippen LogP contribution in [-0.4, -0.2) is 48.8 Å². The molecule has 2 aliphatic rings. The first-order chi connectivity index (χ1) is 8.29. The first kappa shape index (κ1) is 12.5. The van der Waals surface area contributed by atoms with Gasteiger partial charge >= 0.3 is 0 Å². The maximum atomic E-state index is 8.78. The summed E-state index contributed by atoms with van der Waals surface area (Å²) in [6.45, 7) is 1.23. The minimum Gasteiger partial charge on any atom is -0.394 e. The number of fused-ring (bicyclic) bond motifs is 1. The van der Waals surface area contributed by atoms with Gasteiger partial charge in [-0.15, -0.1) is 0 Å². The molecule has 3 rings (SSSR count). The number of epoxide rings is 1. The van der Waals surface area contributed by atoms with Crippen LogP contribution in [-0.2, 0) is 15.9 Å². The van der Waals surface area contributed by atoms with E-state index in [2.05, 4.69) is 24.3 Å². The average molecular weight is 238 g/mol. The molecular formula is C13H18O4. The highest BCUT2D eigenvalue weighted by atomic mass is 16.6. The molecule has 1 aliphatic carbocycles. The first-order valence-corrected chi connectivity index (χ1v) is 5.84. The Morgan fingerprint density at radius 1 is 1.35 bits per heavy atom. The number of benzene rings is 1. The van der Waals surface area contributed by atoms with Gasteiger partial charge < -0.3 is 19.7 Å². The molecule has 0 amide bonds. The van der Waals surface area contributed by atoms with Crippen molar-refractivity contribution in [1.29, 1.82) is 0 Å². The Bertz CT molecular complexity index is 328. The van der Waals surface area contributed by atoms with E-state index < -0.39 is 6.10 Å². The SMILES string of the molecule is OCC(O)COCC1CO1.c1ccc2c(c1)C2. The molecular weight excluding hydrogens is 220 g/mol. The van der Waals surface area contributed by atoms with Crippen LogP contribution in [0.5, 0.6) is 0 Å². The van der Waals surface area contributed by atoms with Crippen molar-refractivity contribution in [3.05, 3.63) is 35.4 Å². The molecule has 1 heterocycles. The zero-order valence-electron chi connectivity index (χ0n) is 9.71. The summed E-state index contributed by atoms with van der Waals surface area (Å²) in [6, 6.07) is 8.53. The molecule has 2 N–H and O–H groups in total. The Labute approximate surface area is 101 Å². The van der Waals surface area contributed by atoms with E-state index in [1.165, 1.54) is 17.5 Å². The number of rotatable bonds is 5. The van der Waals surface area contributed by atoms with Crippen molar-refractivity contribution in [2.45, 2.75) is 18.6 Å². The Kier molecular flexibility index (Phi) is 4.50. The van der Waals surface area contributed by atoms with Crippen molar-refractivity contribution in [1.82, 2.24) is 0 Å². The lowest BCUT2D eigenvalue weighted by molar-refractivity contribution is 0.00216. The van der Waals surface area contributed by atoms with E-state index >= 15 is 0 Å². The smallest absolute Gasteiger partial charge is 0.104 e. The molecule has 4 nitrogen and oxygen atoms in total. The molecule has 0 aromatic heterocycles. The third-order valence-electron chi connectivity index (χ3n) is 2.60. The molecule has 0 radical (unpaired) electrons. The first-order valence-electron chi connectivity index (χ1n) is 5.84. The summed E-state index contributed by atoms with van der Waals surface area (Å²) in [5.74, 6) is 0. The fraction of sp³-hybridized carbons (Fsp3) is 0.538. The van der Waals surface area contributed by atoms with Crippen molar-refractivity contribution in [2.24, 2.45) is 0 Å². The van der Waals surface area contributed by atoms with Gasteiger partial charge in [-0.25, -0.2) is 0 Å². The van der Waals surface area contributed by atoms with Crippen LogP contribution in [0.15, 0.2) is 24.3 Å². The van der Waals surface area contributed by atoms with Gasteiger partial charge in [0, 0.05) is 0 Å². The molecule has 1 aliphatic heterocycles. The van der Waals surface area contributed by atoms with Crippen LogP contribution in [0.4, 0.5) is 0 Å². The van der Waals surface area contributed by atoms with Gasteiger partial charge in [0.15, 0.2) is 0 Å². The topological polar surface area (TPSA) is 62.2 Å². The molecule has 0 saturated carbocycles. The van der Waals surface area contributed by atoms with Gasteiger partial charge in [0.05, 0.1) is 26.4 Å². The summed E-state index contributed by atoms with van der Waals surface area (Å²) < 4.78 is 9.83. The van der Waals surface area contributed by atoms with Gasteiger partial charge in [-0.1, -0.05) is 24.3 Å². The molecule has 94 valence electrons. The summed E-state index contributed by atoms with van der Waals surface area (Å²) in [4.78, 5) is 0. The van der Waals surface area contributed by atoms with E-state index in [9.17, 15) is 0 Å². The fourth-order valence-electron chi connectivity index (χ4n) is 1.39. The second-order valence-electron chi connectivity index (χ2n) is 4.27. The third kappa shape index (κ3) is 4.83. The predicted molar refractivity (Wildman–Crippen MR) is 62.9 cm³/mol. The summed E-state index contributed by atoms with van der Waals surface area (Å²) in [5, 5.41) is 17.1. The van der Waals surface area contributed by atoms with Crippen LogP contribution in [0.1, 0.15) is 11.1 Å². The van der Waals surface area contributed by atoms with Crippen LogP contribution >= 0.6 is 0 Å². The zero-order valence-corrected chi connectivity index (χ0v) is 9.71. The van der Waals surface area contributed by atoms with Gasteiger partial charge in [-0.3, -0.25) is 0 Å². The summed E-state index contributed by atoms with van der Waals surface area (Å²) in [5.41, 5.74) is 3.06. The minimum atomic E-state index is -0.751. The van der Waals surface area contributed by atoms with Crippen molar-refractivity contribution in [3.8, 4) is 0 Å². The predicted octanol–water partition coefficient (Wildman–Crippen LogP) is 0.346. The summed E-state index contributed by atoms with van der Waals surface area (Å²) in [6.07, 6.45) is 0.720. The molecule has 1 aromatic carbocycles. The quantitative estimate of drug-likeness (QED) is 0.738. The summed E-state index contributed by atoms with van der Waals surface area (Å²) >= 11 is 0. The lowest BCUT2D eigenvalue weighted by Gasteiger charge is -2.05. The number of ether oxygens (including phenoxy) is 2. The van der Waals surface area contributed by atoms with E-state index in [0.29, 0.717) is 6.61 Å². The third-order valence-corrected chi connectivity index (χ3v) is 2.60. The fourth-order valence-corrected chi connectivity index (χ4v) is 1.39. The lowest BCUT2D eigenvalue weighted by atomic mass is 10.4. The number of aliphatic hydroxyl groups excluding tert-OH is 2. The molecule has 0 bridgehead atoms. The average Bonchev–Trinajstić information content (AvgIpc) is 3.23. The number of hydrogen-bond donors (Lipinski definition) is 2. The Hall–Kier alpha value is -0.940. The van der Waals surface area contributed by atoms with Crippen molar-refractivity contribution in [2.75, 3.05) is 26.4 Å². The molecule has 2 unspecified atom stereocenters. The Morgan fingerprint density at radius 2 is 2.00 bits per heavy atom. The molecule has 1 fully saturated rings. The standard InChI is InChI=1S/C7H6.C6H12O4/c1-2-4-7-5-6(7)3-1;7-1-5(8)2-9-3-6-4-10-6/h1-4H,5H2;5-8H,1-4H2. The van der Waals surface area contributed by atoms with Gasteiger partial charge in [-0.2, -0.15) is 0 Å². The monoisotopic (exact) mass is 238 g/mol. The maximum absolute atomic E-state index is 8.78. The van der Waals surface area contributed by atoms with E-state index in [1.807, 2.05) is 0 Å². The Balaban J connectivity index is 0.000000134. The normalized spacial score (nSPS) is 20.9. The highest BCUT2D eigenvalue weighted by Gasteiger charge is 2.22. The molecule has 4 heteroatoms. The second kappa shape index (κ2) is 6.12. The van der Waals surface area contributed by atoms with Crippen LogP contribution in [0.25, 0.3) is 0 Å². The van der Waals surface area contributed by atoms with E-state index in [0.717, 1.165) is 6.61 Å². The van der Waals surface area contributed by atoms with E-state index in [1.54, 1.807) is 0 Å². The van der Waals surface area contributed by atoms with Crippen molar-refractivity contribution >= 4 is 0 Å². The minimum absolute atomic E-state index is 0.191. The number of aliphatic hydroxyl groups is 2. The van der Waals surface area contributed by atoms with Crippen LogP contribution in [0.2, 0.25) is 0 Å².